The Bertz CT molecular complexity index is 1420. The Labute approximate surface area is 216 Å². The molecule has 12 nitrogen and oxygen atoms in total. The van der Waals surface area contributed by atoms with E-state index < -0.39 is 36.4 Å². The van der Waals surface area contributed by atoms with Gasteiger partial charge in [0.15, 0.2) is 41.3 Å². The number of methoxy groups -OCH3 is 2. The zero-order valence-corrected chi connectivity index (χ0v) is 20.6. The summed E-state index contributed by atoms with van der Waals surface area (Å²) in [6.07, 6.45) is 0.824. The van der Waals surface area contributed by atoms with Crippen molar-refractivity contribution >= 4 is 28.7 Å². The third-order valence-corrected chi connectivity index (χ3v) is 6.29. The number of nitrogens with zero attached hydrogens (tertiary/aromatic N) is 1. The quantitative estimate of drug-likeness (QED) is 0.330. The molecule has 0 amide bonds. The fourth-order valence-corrected chi connectivity index (χ4v) is 4.48. The lowest BCUT2D eigenvalue weighted by atomic mass is 9.95. The van der Waals surface area contributed by atoms with Gasteiger partial charge in [-0.1, -0.05) is 0 Å². The van der Waals surface area contributed by atoms with Gasteiger partial charge in [-0.25, -0.2) is 4.79 Å². The van der Waals surface area contributed by atoms with Gasteiger partial charge < -0.3 is 39.4 Å². The van der Waals surface area contributed by atoms with Crippen LogP contribution in [0, 0.1) is 0 Å². The van der Waals surface area contributed by atoms with Crippen molar-refractivity contribution < 1.29 is 58.3 Å². The lowest BCUT2D eigenvalue weighted by Crippen LogP contribution is -2.42. The Morgan fingerprint density at radius 1 is 0.974 bits per heavy atom. The summed E-state index contributed by atoms with van der Waals surface area (Å²) < 4.78 is 24.4. The van der Waals surface area contributed by atoms with Crippen molar-refractivity contribution in [3.8, 4) is 34.3 Å². The van der Waals surface area contributed by atoms with E-state index in [9.17, 15) is 14.4 Å². The van der Waals surface area contributed by atoms with Gasteiger partial charge in [-0.05, 0) is 35.2 Å². The molecule has 0 saturated carbocycles. The normalized spacial score (nSPS) is 13.0. The van der Waals surface area contributed by atoms with Crippen LogP contribution in [0.25, 0.3) is 22.0 Å². The SMILES string of the molecule is COc1ccc2cc3[n+](cc2c1OC)CCc1cc2c(cc1-3)OCO2.O=C(O)CC(O)(CC(=O)O)C(=O)O. The average Bonchev–Trinajstić information content (AvgIpc) is 3.32. The maximum absolute atomic E-state index is 10.3. The number of carboxylic acid groups (broad SMARTS) is 3. The van der Waals surface area contributed by atoms with E-state index in [2.05, 4.69) is 35.0 Å². The van der Waals surface area contributed by atoms with Gasteiger partial charge in [-0.15, -0.1) is 0 Å². The third-order valence-electron chi connectivity index (χ3n) is 6.29. The molecule has 0 atom stereocenters. The van der Waals surface area contributed by atoms with Crippen LogP contribution in [0.4, 0.5) is 0 Å². The van der Waals surface area contributed by atoms with Crippen molar-refractivity contribution in [2.75, 3.05) is 21.0 Å². The second kappa shape index (κ2) is 10.4. The van der Waals surface area contributed by atoms with Crippen molar-refractivity contribution in [1.29, 1.82) is 0 Å². The van der Waals surface area contributed by atoms with Gasteiger partial charge in [0, 0.05) is 12.5 Å². The van der Waals surface area contributed by atoms with Crippen LogP contribution in [0.15, 0.2) is 36.5 Å². The van der Waals surface area contributed by atoms with Crippen LogP contribution < -0.4 is 23.5 Å². The molecule has 0 aliphatic carbocycles. The van der Waals surface area contributed by atoms with E-state index in [1.807, 2.05) is 6.07 Å². The van der Waals surface area contributed by atoms with Gasteiger partial charge in [0.1, 0.15) is 0 Å². The van der Waals surface area contributed by atoms with Crippen molar-refractivity contribution in [2.24, 2.45) is 0 Å². The van der Waals surface area contributed by atoms with Gasteiger partial charge in [0.05, 0.1) is 38.0 Å². The van der Waals surface area contributed by atoms with E-state index in [-0.39, 0.29) is 0 Å². The summed E-state index contributed by atoms with van der Waals surface area (Å²) in [7, 11) is 3.34. The molecule has 2 aromatic carbocycles. The molecule has 0 saturated heterocycles. The van der Waals surface area contributed by atoms with Crippen LogP contribution in [0.1, 0.15) is 18.4 Å². The zero-order valence-electron chi connectivity index (χ0n) is 20.6. The number of carbonyl (C=O) groups is 3. The van der Waals surface area contributed by atoms with Crippen molar-refractivity contribution in [3.05, 3.63) is 42.1 Å². The number of benzene rings is 2. The monoisotopic (exact) mass is 528 g/mol. The fraction of sp³-hybridized carbons (Fsp3) is 0.308. The summed E-state index contributed by atoms with van der Waals surface area (Å²) in [5.74, 6) is -1.84. The number of fused-ring (bicyclic) bond motifs is 5. The molecule has 0 spiro atoms. The number of aliphatic carboxylic acids is 3. The minimum Gasteiger partial charge on any atom is -0.493 e. The van der Waals surface area contributed by atoms with Crippen LogP contribution >= 0.6 is 0 Å². The van der Waals surface area contributed by atoms with Crippen LogP contribution in [-0.4, -0.2) is 64.9 Å². The summed E-state index contributed by atoms with van der Waals surface area (Å²) in [6, 6.07) is 10.4. The summed E-state index contributed by atoms with van der Waals surface area (Å²) in [5.41, 5.74) is 0.938. The van der Waals surface area contributed by atoms with Crippen molar-refractivity contribution in [2.45, 2.75) is 31.4 Å². The van der Waals surface area contributed by atoms with Gasteiger partial charge >= 0.3 is 17.9 Å². The first-order valence-electron chi connectivity index (χ1n) is 11.5. The lowest BCUT2D eigenvalue weighted by molar-refractivity contribution is -0.686. The summed E-state index contributed by atoms with van der Waals surface area (Å²) in [5, 5.41) is 36.0. The Hall–Kier alpha value is -4.58. The third kappa shape index (κ3) is 5.11. The molecule has 38 heavy (non-hydrogen) atoms. The highest BCUT2D eigenvalue weighted by molar-refractivity contribution is 5.92. The Kier molecular flexibility index (Phi) is 7.26. The number of hydrogen-bond donors (Lipinski definition) is 4. The maximum atomic E-state index is 10.3. The number of ether oxygens (including phenoxy) is 4. The molecular weight excluding hydrogens is 502 g/mol. The topological polar surface area (TPSA) is 173 Å². The van der Waals surface area contributed by atoms with Gasteiger partial charge in [0.25, 0.3) is 0 Å². The first kappa shape index (κ1) is 26.5. The zero-order chi connectivity index (χ0) is 27.6. The van der Waals surface area contributed by atoms with Crippen molar-refractivity contribution in [3.63, 3.8) is 0 Å². The van der Waals surface area contributed by atoms with Gasteiger partial charge in [-0.2, -0.15) is 4.57 Å². The second-order valence-corrected chi connectivity index (χ2v) is 8.75. The highest BCUT2D eigenvalue weighted by atomic mass is 16.7. The molecule has 4 N–H and O–H groups in total. The number of aliphatic hydroxyl groups is 1. The van der Waals surface area contributed by atoms with Crippen LogP contribution in [0.5, 0.6) is 23.0 Å². The number of rotatable bonds is 7. The number of aromatic nitrogens is 1. The average molecular weight is 528 g/mol. The number of aryl methyl sites for hydroxylation is 2. The standard InChI is InChI=1S/C20H18NO4.C6H8O7/c1-22-17-4-3-12-7-16-14-9-19-18(24-11-25-19)8-13(14)5-6-21(16)10-15(12)20(17)23-2;7-3(8)1-6(13,5(11)12)2-4(9)10/h3-4,7-10H,5-6,11H2,1-2H3;13H,1-2H2,(H,7,8)(H,9,10)(H,11,12)/q+1;. The van der Waals surface area contributed by atoms with Gasteiger partial charge in [0.2, 0.25) is 12.5 Å². The van der Waals surface area contributed by atoms with Crippen LogP contribution in [-0.2, 0) is 27.3 Å². The molecule has 0 radical (unpaired) electrons. The first-order valence-corrected chi connectivity index (χ1v) is 11.5. The lowest BCUT2D eigenvalue weighted by Gasteiger charge is -2.18. The smallest absolute Gasteiger partial charge is 0.336 e. The molecule has 0 unspecified atom stereocenters. The molecule has 200 valence electrons. The van der Waals surface area contributed by atoms with E-state index in [0.29, 0.717) is 6.79 Å². The van der Waals surface area contributed by atoms with E-state index in [1.54, 1.807) is 14.2 Å². The maximum Gasteiger partial charge on any atom is 0.336 e. The molecule has 1 aromatic heterocycles. The highest BCUT2D eigenvalue weighted by Gasteiger charge is 2.40. The summed E-state index contributed by atoms with van der Waals surface area (Å²) in [6.45, 7) is 1.21. The molecule has 2 aliphatic heterocycles. The molecule has 3 aromatic rings. The van der Waals surface area contributed by atoms with Gasteiger partial charge in [-0.3, -0.25) is 9.59 Å². The van der Waals surface area contributed by atoms with E-state index in [4.69, 9.17) is 39.4 Å². The fourth-order valence-electron chi connectivity index (χ4n) is 4.48. The molecule has 2 aliphatic rings. The van der Waals surface area contributed by atoms with Crippen LogP contribution in [0.3, 0.4) is 0 Å². The largest absolute Gasteiger partial charge is 0.493 e. The van der Waals surface area contributed by atoms with Crippen LogP contribution in [0.2, 0.25) is 0 Å². The molecule has 0 fully saturated rings. The van der Waals surface area contributed by atoms with E-state index in [0.717, 1.165) is 46.7 Å². The summed E-state index contributed by atoms with van der Waals surface area (Å²) in [4.78, 5) is 30.5. The number of pyridine rings is 1. The first-order chi connectivity index (χ1) is 18.1. The van der Waals surface area contributed by atoms with E-state index in [1.165, 1.54) is 16.8 Å². The number of carboxylic acids is 3. The molecule has 5 rings (SSSR count). The molecule has 3 heterocycles. The Morgan fingerprint density at radius 3 is 2.21 bits per heavy atom. The molecule has 0 bridgehead atoms. The minimum absolute atomic E-state index is 0.299. The Morgan fingerprint density at radius 2 is 1.63 bits per heavy atom. The minimum atomic E-state index is -2.74. The molecular formula is C26H26NO11+. The van der Waals surface area contributed by atoms with Crippen molar-refractivity contribution in [1.82, 2.24) is 0 Å². The second-order valence-electron chi connectivity index (χ2n) is 8.75. The summed E-state index contributed by atoms with van der Waals surface area (Å²) >= 11 is 0. The Balaban J connectivity index is 0.000000222. The predicted octanol–water partition coefficient (Wildman–Crippen LogP) is 1.85. The van der Waals surface area contributed by atoms with E-state index >= 15 is 0 Å². The predicted molar refractivity (Wildman–Crippen MR) is 130 cm³/mol. The number of hydrogen-bond acceptors (Lipinski definition) is 8. The molecule has 12 heteroatoms. The highest BCUT2D eigenvalue weighted by Crippen LogP contribution is 2.41.